The molecule has 224 valence electrons. The minimum absolute atomic E-state index is 0.0195. The summed E-state index contributed by atoms with van der Waals surface area (Å²) in [6.07, 6.45) is -0.0590. The van der Waals surface area contributed by atoms with Crippen molar-refractivity contribution < 1.29 is 30.0 Å². The van der Waals surface area contributed by atoms with E-state index in [9.17, 15) is 34.8 Å². The van der Waals surface area contributed by atoms with Crippen molar-refractivity contribution in [2.24, 2.45) is 7.05 Å². The maximum atomic E-state index is 13.6. The number of pyridine rings is 2. The van der Waals surface area contributed by atoms with Gasteiger partial charge in [-0.25, -0.2) is 25.8 Å². The maximum Gasteiger partial charge on any atom is 0.417 e. The van der Waals surface area contributed by atoms with Crippen LogP contribution in [-0.4, -0.2) is 36.6 Å². The number of halogens is 3. The van der Waals surface area contributed by atoms with Gasteiger partial charge in [0.15, 0.2) is 9.84 Å². The molecule has 43 heavy (non-hydrogen) atoms. The maximum absolute atomic E-state index is 13.6. The molecule has 0 amide bonds. The first kappa shape index (κ1) is 30.0. The number of alkyl halides is 3. The van der Waals surface area contributed by atoms with Crippen molar-refractivity contribution in [3.8, 4) is 11.1 Å². The molecule has 0 fully saturated rings. The summed E-state index contributed by atoms with van der Waals surface area (Å²) in [5.41, 5.74) is 0.673. The first-order valence-corrected chi connectivity index (χ1v) is 16.2. The van der Waals surface area contributed by atoms with Gasteiger partial charge in [0.05, 0.1) is 16.2 Å². The molecule has 5 aromatic rings. The number of anilines is 2. The number of rotatable bonds is 7. The fraction of sp³-hybridized carbons (Fsp3) is 0.172. The first-order valence-electron chi connectivity index (χ1n) is 12.7. The Kier molecular flexibility index (Phi) is 7.47. The summed E-state index contributed by atoms with van der Waals surface area (Å²) in [5.74, 6) is -0.234. The van der Waals surface area contributed by atoms with Crippen molar-refractivity contribution in [1.29, 1.82) is 0 Å². The molecule has 0 saturated carbocycles. The molecule has 0 saturated heterocycles. The van der Waals surface area contributed by atoms with E-state index in [2.05, 4.69) is 10.3 Å². The molecule has 0 aliphatic heterocycles. The lowest BCUT2D eigenvalue weighted by Gasteiger charge is -2.16. The van der Waals surface area contributed by atoms with Gasteiger partial charge in [0.2, 0.25) is 0 Å². The molecule has 0 aliphatic carbocycles. The van der Waals surface area contributed by atoms with Gasteiger partial charge >= 0.3 is 6.18 Å². The Bertz CT molecular complexity index is 2140. The predicted octanol–water partition coefficient (Wildman–Crippen LogP) is 5.25. The van der Waals surface area contributed by atoms with E-state index < -0.39 is 37.2 Å². The molecule has 0 atom stereocenters. The number of aryl methyl sites for hydroxylation is 2. The second-order valence-electron chi connectivity index (χ2n) is 10.2. The third-order valence-electron chi connectivity index (χ3n) is 6.72. The van der Waals surface area contributed by atoms with Crippen molar-refractivity contribution in [2.45, 2.75) is 23.7 Å². The zero-order valence-electron chi connectivity index (χ0n) is 23.0. The molecule has 9 nitrogen and oxygen atoms in total. The Morgan fingerprint density at radius 1 is 0.930 bits per heavy atom. The van der Waals surface area contributed by atoms with Crippen molar-refractivity contribution >= 4 is 42.3 Å². The van der Waals surface area contributed by atoms with Crippen LogP contribution in [-0.2, 0) is 38.8 Å². The van der Waals surface area contributed by atoms with E-state index in [0.29, 0.717) is 28.6 Å². The van der Waals surface area contributed by atoms with Crippen LogP contribution in [0.2, 0.25) is 0 Å². The predicted molar refractivity (Wildman–Crippen MR) is 157 cm³/mol. The second-order valence-corrected chi connectivity index (χ2v) is 14.1. The number of hydrogen-bond donors (Lipinski definition) is 1. The topological polar surface area (TPSA) is 120 Å². The lowest BCUT2D eigenvalue weighted by Crippen LogP contribution is -2.22. The van der Waals surface area contributed by atoms with Crippen LogP contribution in [0.25, 0.3) is 22.0 Å². The summed E-state index contributed by atoms with van der Waals surface area (Å²) in [6.45, 7) is 1.81. The normalized spacial score (nSPS) is 12.5. The minimum Gasteiger partial charge on any atom is -0.340 e. The lowest BCUT2D eigenvalue weighted by molar-refractivity contribution is -0.137. The van der Waals surface area contributed by atoms with Crippen LogP contribution in [0.15, 0.2) is 88.9 Å². The van der Waals surface area contributed by atoms with Gasteiger partial charge in [0.1, 0.15) is 11.3 Å². The van der Waals surface area contributed by atoms with E-state index in [1.165, 1.54) is 42.2 Å². The van der Waals surface area contributed by atoms with Crippen molar-refractivity contribution in [1.82, 2.24) is 13.5 Å². The van der Waals surface area contributed by atoms with Gasteiger partial charge in [-0.1, -0.05) is 23.8 Å². The van der Waals surface area contributed by atoms with Gasteiger partial charge in [-0.15, -0.1) is 0 Å². The van der Waals surface area contributed by atoms with Crippen LogP contribution in [0.1, 0.15) is 16.7 Å². The Morgan fingerprint density at radius 2 is 1.63 bits per heavy atom. The molecular weight excluding hydrogens is 605 g/mol. The Hall–Kier alpha value is -4.43. The molecule has 2 aromatic carbocycles. The van der Waals surface area contributed by atoms with Crippen LogP contribution in [0.4, 0.5) is 24.7 Å². The Morgan fingerprint density at radius 3 is 2.23 bits per heavy atom. The van der Waals surface area contributed by atoms with E-state index in [1.807, 2.05) is 6.92 Å². The highest BCUT2D eigenvalue weighted by Crippen LogP contribution is 2.37. The molecule has 0 bridgehead atoms. The van der Waals surface area contributed by atoms with Crippen molar-refractivity contribution in [2.75, 3.05) is 11.6 Å². The molecule has 5 rings (SSSR count). The fourth-order valence-electron chi connectivity index (χ4n) is 4.66. The van der Waals surface area contributed by atoms with Crippen LogP contribution in [0.3, 0.4) is 0 Å². The van der Waals surface area contributed by atoms with Crippen molar-refractivity contribution in [3.05, 3.63) is 106 Å². The van der Waals surface area contributed by atoms with E-state index >= 15 is 0 Å². The van der Waals surface area contributed by atoms with Gasteiger partial charge in [0.25, 0.3) is 15.6 Å². The van der Waals surface area contributed by atoms with Crippen molar-refractivity contribution in [3.63, 3.8) is 0 Å². The number of hydrogen-bond acceptors (Lipinski definition) is 7. The number of nitrogens with zero attached hydrogens (tertiary/aromatic N) is 3. The number of sulfone groups is 1. The highest BCUT2D eigenvalue weighted by atomic mass is 32.2. The summed E-state index contributed by atoms with van der Waals surface area (Å²) in [5, 5.41) is 3.23. The molecule has 0 radical (unpaired) electrons. The summed E-state index contributed by atoms with van der Waals surface area (Å²) < 4.78 is 92.7. The van der Waals surface area contributed by atoms with Crippen LogP contribution in [0, 0.1) is 6.92 Å². The zero-order chi connectivity index (χ0) is 31.3. The summed E-state index contributed by atoms with van der Waals surface area (Å²) in [7, 11) is -6.18. The highest BCUT2D eigenvalue weighted by molar-refractivity contribution is 7.90. The Balaban J connectivity index is 1.71. The van der Waals surface area contributed by atoms with Gasteiger partial charge in [-0.2, -0.15) is 13.2 Å². The summed E-state index contributed by atoms with van der Waals surface area (Å²) in [6, 6.07) is 14.3. The molecule has 1 N–H and O–H groups in total. The third kappa shape index (κ3) is 6.06. The second kappa shape index (κ2) is 10.7. The quantitative estimate of drug-likeness (QED) is 0.261. The standard InChI is InChI=1S/C29H25F3N4O5S2/c1-18-4-8-21(9-5-18)43(40,41)36-13-12-22-24(16-35(2)28(37)27(22)36)23-14-19(17-42(3,38)39)6-10-25(23)34-26-11-7-20(15-33-26)29(30,31)32/h4-16H,17H2,1-3H3,(H,33,34). The molecule has 0 aliphatic rings. The first-order chi connectivity index (χ1) is 20.0. The minimum atomic E-state index is -4.57. The zero-order valence-corrected chi connectivity index (χ0v) is 24.7. The van der Waals surface area contributed by atoms with Gasteiger partial charge in [0, 0.05) is 54.1 Å². The van der Waals surface area contributed by atoms with Crippen LogP contribution < -0.4 is 10.9 Å². The lowest BCUT2D eigenvalue weighted by atomic mass is 9.99. The van der Waals surface area contributed by atoms with Gasteiger partial charge < -0.3 is 9.88 Å². The largest absolute Gasteiger partial charge is 0.417 e. The number of fused-ring (bicyclic) bond motifs is 1. The molecule has 0 unspecified atom stereocenters. The smallest absolute Gasteiger partial charge is 0.340 e. The molecule has 0 spiro atoms. The SMILES string of the molecule is Cc1ccc(S(=O)(=O)n2ccc3c(-c4cc(CS(C)(=O)=O)ccc4Nc4ccc(C(F)(F)F)cn4)cn(C)c(=O)c32)cc1. The third-order valence-corrected chi connectivity index (χ3v) is 9.27. The number of benzene rings is 2. The van der Waals surface area contributed by atoms with E-state index in [4.69, 9.17) is 0 Å². The average Bonchev–Trinajstić information content (AvgIpc) is 3.37. The molecule has 14 heteroatoms. The number of nitrogens with one attached hydrogen (secondary N) is 1. The van der Waals surface area contributed by atoms with Gasteiger partial charge in [-0.3, -0.25) is 4.79 Å². The fourth-order valence-corrected chi connectivity index (χ4v) is 6.79. The Labute approximate surface area is 245 Å². The van der Waals surface area contributed by atoms with E-state index in [-0.39, 0.29) is 27.4 Å². The van der Waals surface area contributed by atoms with Gasteiger partial charge in [-0.05, 0) is 55.0 Å². The van der Waals surface area contributed by atoms with Crippen LogP contribution in [0.5, 0.6) is 0 Å². The molecule has 3 aromatic heterocycles. The molecule has 3 heterocycles. The highest BCUT2D eigenvalue weighted by Gasteiger charge is 2.31. The molecular formula is C29H25F3N4O5S2. The average molecular weight is 631 g/mol. The van der Waals surface area contributed by atoms with Crippen LogP contribution >= 0.6 is 0 Å². The summed E-state index contributed by atoms with van der Waals surface area (Å²) >= 11 is 0. The van der Waals surface area contributed by atoms with E-state index in [1.54, 1.807) is 30.3 Å². The summed E-state index contributed by atoms with van der Waals surface area (Å²) in [4.78, 5) is 17.2. The van der Waals surface area contributed by atoms with E-state index in [0.717, 1.165) is 27.9 Å². The number of aromatic nitrogens is 3. The monoisotopic (exact) mass is 630 g/mol.